The van der Waals surface area contributed by atoms with E-state index in [2.05, 4.69) is 58.8 Å². The lowest BCUT2D eigenvalue weighted by atomic mass is 9.86. The van der Waals surface area contributed by atoms with E-state index in [1.165, 1.54) is 31.0 Å². The number of benzene rings is 2. The molecule has 0 saturated heterocycles. The van der Waals surface area contributed by atoms with Gasteiger partial charge in [-0.2, -0.15) is 8.42 Å². The average Bonchev–Trinajstić information content (AvgIpc) is 3.54. The summed E-state index contributed by atoms with van der Waals surface area (Å²) in [4.78, 5) is 8.58. The van der Waals surface area contributed by atoms with E-state index in [-0.39, 0.29) is 11.8 Å². The van der Waals surface area contributed by atoms with Crippen LogP contribution in [0.3, 0.4) is 0 Å². The molecule has 2 atom stereocenters. The molecule has 3 N–H and O–H groups in total. The number of nitrogens with zero attached hydrogens (tertiary/aromatic N) is 1. The number of carbonyl (C=O) groups excluding carboxylic acids is 1. The fraction of sp³-hybridized carbons (Fsp3) is 0.391. The number of amides is 1. The molecule has 2 unspecified atom stereocenters. The molecular formula is C23H31N3O4S2. The molecule has 7 nitrogen and oxygen atoms in total. The molecule has 0 aromatic heterocycles. The van der Waals surface area contributed by atoms with Crippen LogP contribution in [-0.2, 0) is 20.7 Å². The second kappa shape index (κ2) is 14.3. The van der Waals surface area contributed by atoms with Crippen molar-refractivity contribution in [2.45, 2.75) is 43.9 Å². The van der Waals surface area contributed by atoms with E-state index in [1.807, 2.05) is 24.3 Å². The summed E-state index contributed by atoms with van der Waals surface area (Å²) in [7, 11) is 0.799. The van der Waals surface area contributed by atoms with Crippen LogP contribution < -0.4 is 15.8 Å². The molecule has 0 heterocycles. The van der Waals surface area contributed by atoms with Crippen molar-refractivity contribution in [1.29, 1.82) is 0 Å². The van der Waals surface area contributed by atoms with Gasteiger partial charge in [0.1, 0.15) is 11.4 Å². The smallest absolute Gasteiger partial charge is 0.316 e. The highest BCUT2D eigenvalue weighted by Gasteiger charge is 2.54. The molecule has 32 heavy (non-hydrogen) atoms. The van der Waals surface area contributed by atoms with Gasteiger partial charge in [0, 0.05) is 12.5 Å². The van der Waals surface area contributed by atoms with Crippen molar-refractivity contribution >= 4 is 40.3 Å². The molecule has 0 aliphatic heterocycles. The maximum absolute atomic E-state index is 11.0. The summed E-state index contributed by atoms with van der Waals surface area (Å²) in [6, 6.07) is 16.3. The van der Waals surface area contributed by atoms with Gasteiger partial charge in [-0.15, -0.1) is 4.36 Å². The molecule has 1 amide bonds. The lowest BCUT2D eigenvalue weighted by Gasteiger charge is -2.18. The van der Waals surface area contributed by atoms with Crippen LogP contribution in [0.15, 0.2) is 52.9 Å². The molecule has 0 spiro atoms. The minimum absolute atomic E-state index is 0.153. The third-order valence-electron chi connectivity index (χ3n) is 5.30. The van der Waals surface area contributed by atoms with Crippen LogP contribution in [0.4, 0.5) is 5.69 Å². The largest absolute Gasteiger partial charge is 0.494 e. The number of carbonyl (C=O) groups is 1. The number of thiocarbonyl (C=S) groups is 1. The van der Waals surface area contributed by atoms with Crippen LogP contribution in [0.1, 0.15) is 49.7 Å². The molecule has 0 radical (unpaired) electrons. The summed E-state index contributed by atoms with van der Waals surface area (Å²) in [6.45, 7) is 2.21. The number of hydrogen-bond acceptors (Lipinski definition) is 6. The SMILES string of the molecule is CCCCC1(c2ccccc2)CC1c1ccc(OC)c(N=S(=O)=O)c1.CNC=S.NC=O. The van der Waals surface area contributed by atoms with Gasteiger partial charge in [-0.1, -0.05) is 68.4 Å². The Balaban J connectivity index is 0.000000645. The molecular weight excluding hydrogens is 446 g/mol. The number of hydrogen-bond donors (Lipinski definition) is 2. The zero-order valence-corrected chi connectivity index (χ0v) is 20.3. The normalized spacial score (nSPS) is 17.9. The van der Waals surface area contributed by atoms with Crippen LogP contribution in [0.2, 0.25) is 0 Å². The first-order valence-electron chi connectivity index (χ1n) is 10.2. The fourth-order valence-electron chi connectivity index (χ4n) is 3.82. The van der Waals surface area contributed by atoms with Crippen LogP contribution in [0.25, 0.3) is 0 Å². The summed E-state index contributed by atoms with van der Waals surface area (Å²) < 4.78 is 30.9. The maximum Gasteiger partial charge on any atom is 0.316 e. The number of nitrogens with two attached hydrogens (primary N) is 1. The number of primary amides is 1. The van der Waals surface area contributed by atoms with Gasteiger partial charge < -0.3 is 15.8 Å². The van der Waals surface area contributed by atoms with Crippen molar-refractivity contribution < 1.29 is 17.9 Å². The number of methoxy groups -OCH3 is 1. The van der Waals surface area contributed by atoms with Gasteiger partial charge in [0.25, 0.3) is 0 Å². The Morgan fingerprint density at radius 3 is 2.41 bits per heavy atom. The van der Waals surface area contributed by atoms with Gasteiger partial charge in [-0.3, -0.25) is 4.79 Å². The summed E-state index contributed by atoms with van der Waals surface area (Å²) in [5.74, 6) is 0.869. The van der Waals surface area contributed by atoms with Crippen molar-refractivity contribution in [3.8, 4) is 5.75 Å². The first-order chi connectivity index (χ1) is 15.4. The van der Waals surface area contributed by atoms with Gasteiger partial charge in [0.2, 0.25) is 6.41 Å². The third kappa shape index (κ3) is 7.72. The van der Waals surface area contributed by atoms with E-state index in [0.29, 0.717) is 17.4 Å². The van der Waals surface area contributed by atoms with Crippen LogP contribution in [0.5, 0.6) is 5.75 Å². The highest BCUT2D eigenvalue weighted by atomic mass is 32.2. The van der Waals surface area contributed by atoms with Gasteiger partial charge >= 0.3 is 10.5 Å². The fourth-order valence-corrected chi connectivity index (χ4v) is 4.12. The Bertz CT molecular complexity index is 990. The molecule has 1 fully saturated rings. The quantitative estimate of drug-likeness (QED) is 0.434. The lowest BCUT2D eigenvalue weighted by Crippen LogP contribution is -2.09. The molecule has 174 valence electrons. The Morgan fingerprint density at radius 1 is 1.28 bits per heavy atom. The Kier molecular flexibility index (Phi) is 12.2. The second-order valence-corrected chi connectivity index (χ2v) is 8.02. The molecule has 0 bridgehead atoms. The van der Waals surface area contributed by atoms with Gasteiger partial charge in [-0.25, -0.2) is 0 Å². The first-order valence-corrected chi connectivity index (χ1v) is 11.7. The topological polar surface area (TPSA) is 111 Å². The number of unbranched alkanes of at least 4 members (excludes halogenated alkanes) is 1. The van der Waals surface area contributed by atoms with Crippen LogP contribution in [-0.4, -0.2) is 34.5 Å². The van der Waals surface area contributed by atoms with Gasteiger partial charge in [0.05, 0.1) is 12.6 Å². The lowest BCUT2D eigenvalue weighted by molar-refractivity contribution is -0.106. The van der Waals surface area contributed by atoms with Crippen LogP contribution >= 0.6 is 12.2 Å². The Morgan fingerprint density at radius 2 is 1.91 bits per heavy atom. The van der Waals surface area contributed by atoms with E-state index >= 15 is 0 Å². The van der Waals surface area contributed by atoms with E-state index in [0.717, 1.165) is 18.4 Å². The van der Waals surface area contributed by atoms with Crippen molar-refractivity contribution in [3.63, 3.8) is 0 Å². The highest BCUT2D eigenvalue weighted by molar-refractivity contribution is 7.78. The summed E-state index contributed by atoms with van der Waals surface area (Å²) in [5, 5.41) is 2.62. The minimum Gasteiger partial charge on any atom is -0.494 e. The standard InChI is InChI=1S/C20H23NO3S.C2H5NS.CH3NO/c1-3-4-12-20(16-8-6-5-7-9-16)14-17(20)15-10-11-19(24-2)18(13-15)21-25(22)23;1-3-2-4;2-1-3/h5-11,13,17H,3-4,12,14H2,1-2H3;2H,1H3,(H,3,4);1H,(H2,2,3). The van der Waals surface area contributed by atoms with Crippen molar-refractivity contribution in [2.75, 3.05) is 14.2 Å². The van der Waals surface area contributed by atoms with Gasteiger partial charge in [0.15, 0.2) is 0 Å². The van der Waals surface area contributed by atoms with Crippen molar-refractivity contribution in [3.05, 3.63) is 59.7 Å². The molecule has 2 aromatic carbocycles. The predicted octanol–water partition coefficient (Wildman–Crippen LogP) is 4.27. The molecule has 9 heteroatoms. The highest BCUT2D eigenvalue weighted by Crippen LogP contribution is 2.63. The van der Waals surface area contributed by atoms with Crippen LogP contribution in [0, 0.1) is 0 Å². The summed E-state index contributed by atoms with van der Waals surface area (Å²) >= 11 is 4.32. The van der Waals surface area contributed by atoms with Crippen molar-refractivity contribution in [2.24, 2.45) is 10.1 Å². The summed E-state index contributed by atoms with van der Waals surface area (Å²) in [5.41, 5.74) is 8.65. The third-order valence-corrected chi connectivity index (χ3v) is 5.88. The first kappa shape index (κ1) is 27.3. The predicted molar refractivity (Wildman–Crippen MR) is 132 cm³/mol. The minimum atomic E-state index is -2.49. The molecule has 1 aliphatic rings. The Hall–Kier alpha value is -2.78. The van der Waals surface area contributed by atoms with E-state index in [1.54, 1.807) is 7.05 Å². The number of nitrogens with one attached hydrogen (secondary N) is 1. The van der Waals surface area contributed by atoms with E-state index in [9.17, 15) is 8.42 Å². The average molecular weight is 478 g/mol. The number of rotatable bonds is 8. The maximum atomic E-state index is 11.0. The molecule has 1 saturated carbocycles. The molecule has 1 aliphatic carbocycles. The second-order valence-electron chi connectivity index (χ2n) is 7.16. The molecule has 3 rings (SSSR count). The van der Waals surface area contributed by atoms with E-state index in [4.69, 9.17) is 9.53 Å². The van der Waals surface area contributed by atoms with Crippen molar-refractivity contribution in [1.82, 2.24) is 5.32 Å². The monoisotopic (exact) mass is 477 g/mol. The Labute approximate surface area is 197 Å². The summed E-state index contributed by atoms with van der Waals surface area (Å²) in [6.07, 6.45) is 4.83. The molecule has 2 aromatic rings. The zero-order chi connectivity index (χ0) is 24.0. The zero-order valence-electron chi connectivity index (χ0n) is 18.7. The van der Waals surface area contributed by atoms with Gasteiger partial charge in [-0.05, 0) is 42.0 Å². The van der Waals surface area contributed by atoms with E-state index < -0.39 is 10.5 Å². The number of ether oxygens (including phenoxy) is 1.